The van der Waals surface area contributed by atoms with Crippen LogP contribution in [0.15, 0.2) is 0 Å². The van der Waals surface area contributed by atoms with E-state index < -0.39 is 0 Å². The van der Waals surface area contributed by atoms with Crippen molar-refractivity contribution in [3.63, 3.8) is 0 Å². The summed E-state index contributed by atoms with van der Waals surface area (Å²) in [5, 5.41) is 6.70. The molecule has 3 heteroatoms. The molecule has 1 amide bonds. The van der Waals surface area contributed by atoms with E-state index in [1.807, 2.05) is 0 Å². The number of nitrogens with one attached hydrogen (secondary N) is 1. The number of carbonyl (C=O) groups excluding carboxylic acids is 1. The van der Waals surface area contributed by atoms with Gasteiger partial charge in [0.15, 0.2) is 0 Å². The molecule has 1 saturated heterocycles. The fourth-order valence-electron chi connectivity index (χ4n) is 0.668. The molecule has 0 aromatic heterocycles. The van der Waals surface area contributed by atoms with Gasteiger partial charge in [0.25, 0.3) is 0 Å². The van der Waals surface area contributed by atoms with E-state index in [4.69, 9.17) is 0 Å². The number of carbonyl (C=O) groups is 1. The van der Waals surface area contributed by atoms with Crippen molar-refractivity contribution in [3.05, 3.63) is 0 Å². The third kappa shape index (κ3) is 0.980. The monoisotopic (exact) mass is 113 g/mol. The molecule has 3 nitrogen and oxygen atoms in total. The van der Waals surface area contributed by atoms with Crippen LogP contribution in [0.25, 0.3) is 0 Å². The molecule has 8 heavy (non-hydrogen) atoms. The summed E-state index contributed by atoms with van der Waals surface area (Å²) < 4.78 is 0. The van der Waals surface area contributed by atoms with Gasteiger partial charge in [-0.2, -0.15) is 0 Å². The summed E-state index contributed by atoms with van der Waals surface area (Å²) in [6.07, 6.45) is 0. The maximum atomic E-state index is 10.6. The van der Waals surface area contributed by atoms with Gasteiger partial charge in [0.1, 0.15) is 6.04 Å². The van der Waals surface area contributed by atoms with Gasteiger partial charge < -0.3 is 5.32 Å². The Balaban J connectivity index is 2.39. The molecule has 45 valence electrons. The first-order valence-corrected chi connectivity index (χ1v) is 2.75. The van der Waals surface area contributed by atoms with Gasteiger partial charge in [-0.25, -0.2) is 5.32 Å². The number of nitrogens with zero attached hydrogens (tertiary/aromatic N) is 1. The summed E-state index contributed by atoms with van der Waals surface area (Å²) in [5.74, 6) is 0.0521. The molecule has 1 unspecified atom stereocenters. The topological polar surface area (TPSA) is 43.2 Å². The number of hydrogen-bond acceptors (Lipinski definition) is 1. The molecule has 1 fully saturated rings. The van der Waals surface area contributed by atoms with Crippen molar-refractivity contribution < 1.29 is 4.79 Å². The molecule has 1 atom stereocenters. The summed E-state index contributed by atoms with van der Waals surface area (Å²) >= 11 is 0. The largest absolute Gasteiger partial charge is 0.353 e. The van der Waals surface area contributed by atoms with Crippen LogP contribution in [0.4, 0.5) is 0 Å². The normalized spacial score (nSPS) is 29.6. The third-order valence-electron chi connectivity index (χ3n) is 1.19. The predicted molar refractivity (Wildman–Crippen MR) is 29.5 cm³/mol. The van der Waals surface area contributed by atoms with Gasteiger partial charge in [0, 0.05) is 13.1 Å². The molecule has 1 aliphatic rings. The standard InChI is InChI=1S/C5H9N2O/c1-4-5(8)7-3-2-6-4/h4H,2-3H2,1H3,(H,7,8). The molecule has 0 aromatic rings. The molecule has 0 aromatic carbocycles. The van der Waals surface area contributed by atoms with Crippen LogP contribution in [-0.4, -0.2) is 25.0 Å². The van der Waals surface area contributed by atoms with E-state index in [1.165, 1.54) is 0 Å². The second-order valence-corrected chi connectivity index (χ2v) is 1.87. The van der Waals surface area contributed by atoms with Crippen LogP contribution in [-0.2, 0) is 4.79 Å². The van der Waals surface area contributed by atoms with E-state index >= 15 is 0 Å². The van der Waals surface area contributed by atoms with Crippen LogP contribution in [0.3, 0.4) is 0 Å². The quantitative estimate of drug-likeness (QED) is 0.435. The molecular formula is C5H9N2O. The first-order valence-electron chi connectivity index (χ1n) is 2.75. The number of hydrogen-bond donors (Lipinski definition) is 1. The minimum atomic E-state index is -0.122. The maximum absolute atomic E-state index is 10.6. The Labute approximate surface area is 48.5 Å². The van der Waals surface area contributed by atoms with Gasteiger partial charge in [-0.3, -0.25) is 4.79 Å². The van der Waals surface area contributed by atoms with E-state index in [0.717, 1.165) is 6.54 Å². The smallest absolute Gasteiger partial charge is 0.238 e. The second-order valence-electron chi connectivity index (χ2n) is 1.87. The highest BCUT2D eigenvalue weighted by molar-refractivity contribution is 5.81. The van der Waals surface area contributed by atoms with Gasteiger partial charge in [0.05, 0.1) is 0 Å². The van der Waals surface area contributed by atoms with Gasteiger partial charge in [0.2, 0.25) is 5.91 Å². The Morgan fingerprint density at radius 2 is 2.62 bits per heavy atom. The average Bonchev–Trinajstić information content (AvgIpc) is 1.77. The van der Waals surface area contributed by atoms with Crippen LogP contribution in [0.1, 0.15) is 6.92 Å². The third-order valence-corrected chi connectivity index (χ3v) is 1.19. The SMILES string of the molecule is CC1[N]CCNC1=O. The first kappa shape index (κ1) is 5.56. The molecule has 1 rings (SSSR count). The Kier molecular flexibility index (Phi) is 1.48. The summed E-state index contributed by atoms with van der Waals surface area (Å²) in [6.45, 7) is 3.28. The minimum absolute atomic E-state index is 0.0521. The lowest BCUT2D eigenvalue weighted by Gasteiger charge is -2.17. The Hall–Kier alpha value is -0.570. The van der Waals surface area contributed by atoms with E-state index in [0.29, 0.717) is 6.54 Å². The van der Waals surface area contributed by atoms with E-state index in [1.54, 1.807) is 6.92 Å². The molecule has 0 spiro atoms. The van der Waals surface area contributed by atoms with Crippen molar-refractivity contribution in [2.45, 2.75) is 13.0 Å². The van der Waals surface area contributed by atoms with Gasteiger partial charge in [-0.15, -0.1) is 0 Å². The average molecular weight is 113 g/mol. The highest BCUT2D eigenvalue weighted by Gasteiger charge is 2.15. The molecule has 1 radical (unpaired) electrons. The summed E-state index contributed by atoms with van der Waals surface area (Å²) in [6, 6.07) is -0.122. The molecule has 0 aliphatic carbocycles. The maximum Gasteiger partial charge on any atom is 0.238 e. The zero-order valence-electron chi connectivity index (χ0n) is 4.85. The van der Waals surface area contributed by atoms with Gasteiger partial charge >= 0.3 is 0 Å². The zero-order chi connectivity index (χ0) is 5.98. The van der Waals surface area contributed by atoms with Crippen LogP contribution in [0.2, 0.25) is 0 Å². The number of piperazine rings is 1. The highest BCUT2D eigenvalue weighted by atomic mass is 16.2. The van der Waals surface area contributed by atoms with Crippen LogP contribution in [0.5, 0.6) is 0 Å². The molecule has 1 aliphatic heterocycles. The van der Waals surface area contributed by atoms with E-state index in [2.05, 4.69) is 10.6 Å². The molecule has 1 N–H and O–H groups in total. The van der Waals surface area contributed by atoms with Gasteiger partial charge in [-0.1, -0.05) is 0 Å². The molecule has 1 heterocycles. The second kappa shape index (κ2) is 2.13. The van der Waals surface area contributed by atoms with Crippen molar-refractivity contribution in [3.8, 4) is 0 Å². The lowest BCUT2D eigenvalue weighted by atomic mass is 10.2. The van der Waals surface area contributed by atoms with Crippen molar-refractivity contribution in [1.29, 1.82) is 0 Å². The Morgan fingerprint density at radius 1 is 1.88 bits per heavy atom. The number of amides is 1. The van der Waals surface area contributed by atoms with Crippen molar-refractivity contribution in [1.82, 2.24) is 10.6 Å². The van der Waals surface area contributed by atoms with Crippen LogP contribution in [0, 0.1) is 0 Å². The van der Waals surface area contributed by atoms with Crippen molar-refractivity contribution >= 4 is 5.91 Å². The van der Waals surface area contributed by atoms with E-state index in [9.17, 15) is 4.79 Å². The first-order chi connectivity index (χ1) is 3.80. The summed E-state index contributed by atoms with van der Waals surface area (Å²) in [5.41, 5.74) is 0. The highest BCUT2D eigenvalue weighted by Crippen LogP contribution is 1.87. The lowest BCUT2D eigenvalue weighted by molar-refractivity contribution is -0.123. The Bertz CT molecular complexity index is 103. The van der Waals surface area contributed by atoms with Crippen molar-refractivity contribution in [2.75, 3.05) is 13.1 Å². The summed E-state index contributed by atoms with van der Waals surface area (Å²) in [7, 11) is 0. The van der Waals surface area contributed by atoms with E-state index in [-0.39, 0.29) is 11.9 Å². The fourth-order valence-corrected chi connectivity index (χ4v) is 0.668. The minimum Gasteiger partial charge on any atom is -0.353 e. The van der Waals surface area contributed by atoms with Gasteiger partial charge in [-0.05, 0) is 6.92 Å². The number of rotatable bonds is 0. The summed E-state index contributed by atoms with van der Waals surface area (Å²) in [4.78, 5) is 10.6. The molecular weight excluding hydrogens is 104 g/mol. The van der Waals surface area contributed by atoms with Crippen molar-refractivity contribution in [2.24, 2.45) is 0 Å². The fraction of sp³-hybridized carbons (Fsp3) is 0.800. The Morgan fingerprint density at radius 3 is 3.00 bits per heavy atom. The zero-order valence-corrected chi connectivity index (χ0v) is 4.85. The predicted octanol–water partition coefficient (Wildman–Crippen LogP) is -0.891. The van der Waals surface area contributed by atoms with Crippen LogP contribution < -0.4 is 10.6 Å². The van der Waals surface area contributed by atoms with Crippen LogP contribution >= 0.6 is 0 Å². The molecule has 0 saturated carbocycles. The molecule has 0 bridgehead atoms. The lowest BCUT2D eigenvalue weighted by Crippen LogP contribution is -2.47.